The van der Waals surface area contributed by atoms with Crippen molar-refractivity contribution in [3.63, 3.8) is 0 Å². The molecule has 0 bridgehead atoms. The second-order valence-corrected chi connectivity index (χ2v) is 5.31. The minimum atomic E-state index is -4.39. The molecule has 1 aliphatic heterocycles. The van der Waals surface area contributed by atoms with Gasteiger partial charge in [0.1, 0.15) is 11.6 Å². The number of alkyl halides is 3. The summed E-state index contributed by atoms with van der Waals surface area (Å²) in [6.45, 7) is 1.44. The molecule has 0 amide bonds. The molecule has 1 saturated heterocycles. The highest BCUT2D eigenvalue weighted by Gasteiger charge is 2.32. The smallest absolute Gasteiger partial charge is 0.396 e. The summed E-state index contributed by atoms with van der Waals surface area (Å²) >= 11 is 0. The molecule has 4 nitrogen and oxygen atoms in total. The van der Waals surface area contributed by atoms with Crippen LogP contribution in [0.25, 0.3) is 0 Å². The summed E-state index contributed by atoms with van der Waals surface area (Å²) in [6, 6.07) is 2.11. The number of aliphatic hydroxyl groups is 1. The molecular formula is C14H20F3N3O. The lowest BCUT2D eigenvalue weighted by atomic mass is 9.95. The Labute approximate surface area is 122 Å². The van der Waals surface area contributed by atoms with Crippen LogP contribution in [0.4, 0.5) is 24.8 Å². The van der Waals surface area contributed by atoms with Crippen LogP contribution in [0, 0.1) is 5.92 Å². The van der Waals surface area contributed by atoms with Crippen LogP contribution in [-0.2, 0) is 6.18 Å². The number of nitrogens with one attached hydrogen (secondary N) is 1. The molecule has 2 N–H and O–H groups in total. The second kappa shape index (κ2) is 6.51. The van der Waals surface area contributed by atoms with E-state index in [1.54, 1.807) is 7.05 Å². The van der Waals surface area contributed by atoms with Gasteiger partial charge in [0.25, 0.3) is 0 Å². The Bertz CT molecular complexity index is 477. The highest BCUT2D eigenvalue weighted by molar-refractivity contribution is 5.51. The third-order valence-electron chi connectivity index (χ3n) is 3.78. The zero-order valence-corrected chi connectivity index (χ0v) is 12.0. The number of pyridine rings is 1. The van der Waals surface area contributed by atoms with E-state index in [4.69, 9.17) is 5.11 Å². The molecular weight excluding hydrogens is 283 g/mol. The summed E-state index contributed by atoms with van der Waals surface area (Å²) in [6.07, 6.45) is -1.82. The van der Waals surface area contributed by atoms with E-state index in [0.29, 0.717) is 31.2 Å². The molecule has 1 aromatic rings. The van der Waals surface area contributed by atoms with Crippen LogP contribution in [0.2, 0.25) is 0 Å². The number of rotatable bonds is 4. The summed E-state index contributed by atoms with van der Waals surface area (Å²) in [5, 5.41) is 11.7. The first-order valence-corrected chi connectivity index (χ1v) is 7.07. The van der Waals surface area contributed by atoms with E-state index in [1.165, 1.54) is 0 Å². The van der Waals surface area contributed by atoms with E-state index in [1.807, 2.05) is 4.90 Å². The van der Waals surface area contributed by atoms with E-state index in [0.717, 1.165) is 25.0 Å². The zero-order valence-electron chi connectivity index (χ0n) is 12.0. The fraction of sp³-hybridized carbons (Fsp3) is 0.643. The predicted octanol–water partition coefficient (Wildman–Crippen LogP) is 2.74. The predicted molar refractivity (Wildman–Crippen MR) is 75.4 cm³/mol. The minimum Gasteiger partial charge on any atom is -0.396 e. The van der Waals surface area contributed by atoms with Gasteiger partial charge in [-0.25, -0.2) is 4.98 Å². The average Bonchev–Trinajstić information content (AvgIpc) is 2.46. The number of hydrogen-bond donors (Lipinski definition) is 2. The molecule has 0 radical (unpaired) electrons. The van der Waals surface area contributed by atoms with Crippen LogP contribution >= 0.6 is 0 Å². The summed E-state index contributed by atoms with van der Waals surface area (Å²) < 4.78 is 38.8. The van der Waals surface area contributed by atoms with E-state index < -0.39 is 11.7 Å². The molecule has 2 rings (SSSR count). The van der Waals surface area contributed by atoms with Crippen LogP contribution in [0.5, 0.6) is 0 Å². The van der Waals surface area contributed by atoms with Crippen molar-refractivity contribution >= 4 is 11.6 Å². The Hall–Kier alpha value is -1.50. The van der Waals surface area contributed by atoms with Gasteiger partial charge < -0.3 is 15.3 Å². The molecule has 2 heterocycles. The molecule has 7 heteroatoms. The molecule has 0 saturated carbocycles. The Balaban J connectivity index is 2.25. The Kier molecular flexibility index (Phi) is 4.92. The van der Waals surface area contributed by atoms with Crippen molar-refractivity contribution in [2.45, 2.75) is 25.4 Å². The minimum absolute atomic E-state index is 0.107. The fourth-order valence-electron chi connectivity index (χ4n) is 2.66. The average molecular weight is 303 g/mol. The van der Waals surface area contributed by atoms with Crippen LogP contribution in [0.15, 0.2) is 12.1 Å². The highest BCUT2D eigenvalue weighted by atomic mass is 19.4. The lowest BCUT2D eigenvalue weighted by Crippen LogP contribution is -2.36. The molecule has 1 unspecified atom stereocenters. The summed E-state index contributed by atoms with van der Waals surface area (Å²) in [5.41, 5.74) is -0.693. The van der Waals surface area contributed by atoms with Crippen molar-refractivity contribution in [2.75, 3.05) is 37.0 Å². The van der Waals surface area contributed by atoms with Crippen molar-refractivity contribution in [1.29, 1.82) is 0 Å². The van der Waals surface area contributed by atoms with Gasteiger partial charge in [-0.15, -0.1) is 0 Å². The second-order valence-electron chi connectivity index (χ2n) is 5.31. The summed E-state index contributed by atoms with van der Waals surface area (Å²) in [7, 11) is 1.55. The van der Waals surface area contributed by atoms with Gasteiger partial charge in [0.15, 0.2) is 0 Å². The molecule has 1 aliphatic rings. The van der Waals surface area contributed by atoms with Gasteiger partial charge in [-0.05, 0) is 37.3 Å². The van der Waals surface area contributed by atoms with Crippen molar-refractivity contribution in [3.8, 4) is 0 Å². The van der Waals surface area contributed by atoms with Gasteiger partial charge in [0.2, 0.25) is 0 Å². The molecule has 1 aromatic heterocycles. The zero-order chi connectivity index (χ0) is 15.5. The number of aliphatic hydroxyl groups excluding tert-OH is 1. The van der Waals surface area contributed by atoms with Gasteiger partial charge >= 0.3 is 6.18 Å². The molecule has 1 atom stereocenters. The first-order valence-electron chi connectivity index (χ1n) is 7.07. The van der Waals surface area contributed by atoms with E-state index in [9.17, 15) is 13.2 Å². The number of anilines is 2. The number of piperidine rings is 1. The van der Waals surface area contributed by atoms with Gasteiger partial charge in [-0.1, -0.05) is 0 Å². The maximum atomic E-state index is 12.9. The van der Waals surface area contributed by atoms with Crippen molar-refractivity contribution in [2.24, 2.45) is 5.92 Å². The quantitative estimate of drug-likeness (QED) is 0.898. The number of halogens is 3. The van der Waals surface area contributed by atoms with E-state index in [-0.39, 0.29) is 12.4 Å². The molecule has 118 valence electrons. The van der Waals surface area contributed by atoms with Crippen molar-refractivity contribution < 1.29 is 18.3 Å². The van der Waals surface area contributed by atoms with Crippen LogP contribution in [-0.4, -0.2) is 36.8 Å². The third-order valence-corrected chi connectivity index (χ3v) is 3.78. The summed E-state index contributed by atoms with van der Waals surface area (Å²) in [5.74, 6) is 0.860. The molecule has 21 heavy (non-hydrogen) atoms. The maximum absolute atomic E-state index is 12.9. The topological polar surface area (TPSA) is 48.4 Å². The van der Waals surface area contributed by atoms with Crippen LogP contribution in [0.1, 0.15) is 24.8 Å². The highest BCUT2D eigenvalue weighted by Crippen LogP contribution is 2.34. The molecule has 1 fully saturated rings. The lowest BCUT2D eigenvalue weighted by molar-refractivity contribution is -0.137. The van der Waals surface area contributed by atoms with Gasteiger partial charge in [-0.3, -0.25) is 0 Å². The van der Waals surface area contributed by atoms with Crippen LogP contribution < -0.4 is 10.2 Å². The molecule has 0 aromatic carbocycles. The van der Waals surface area contributed by atoms with E-state index >= 15 is 0 Å². The summed E-state index contributed by atoms with van der Waals surface area (Å²) in [4.78, 5) is 6.11. The van der Waals surface area contributed by atoms with Gasteiger partial charge in [0, 0.05) is 26.7 Å². The van der Waals surface area contributed by atoms with Crippen molar-refractivity contribution in [3.05, 3.63) is 17.7 Å². The number of hydrogen-bond acceptors (Lipinski definition) is 4. The van der Waals surface area contributed by atoms with Crippen molar-refractivity contribution in [1.82, 2.24) is 4.98 Å². The Morgan fingerprint density at radius 3 is 2.81 bits per heavy atom. The van der Waals surface area contributed by atoms with Gasteiger partial charge in [0.05, 0.1) is 5.56 Å². The monoisotopic (exact) mass is 303 g/mol. The largest absolute Gasteiger partial charge is 0.416 e. The molecule has 0 aliphatic carbocycles. The first kappa shape index (κ1) is 15.9. The number of nitrogens with zero attached hydrogens (tertiary/aromatic N) is 2. The normalized spacial score (nSPS) is 19.7. The third kappa shape index (κ3) is 4.00. The Morgan fingerprint density at radius 2 is 2.19 bits per heavy atom. The van der Waals surface area contributed by atoms with Gasteiger partial charge in [-0.2, -0.15) is 13.2 Å². The lowest BCUT2D eigenvalue weighted by Gasteiger charge is -2.33. The molecule has 0 spiro atoms. The van der Waals surface area contributed by atoms with Crippen LogP contribution in [0.3, 0.4) is 0 Å². The standard InChI is InChI=1S/C14H20F3N3O/c1-18-12-7-11(14(15,16)17)8-13(19-12)20-5-2-3-10(9-20)4-6-21/h7-8,10,21H,2-6,9H2,1H3,(H,18,19). The number of aromatic nitrogens is 1. The Morgan fingerprint density at radius 1 is 1.43 bits per heavy atom. The SMILES string of the molecule is CNc1cc(C(F)(F)F)cc(N2CCCC(CCO)C2)n1. The maximum Gasteiger partial charge on any atom is 0.416 e. The fourth-order valence-corrected chi connectivity index (χ4v) is 2.66. The first-order chi connectivity index (χ1) is 9.94. The van der Waals surface area contributed by atoms with E-state index in [2.05, 4.69) is 10.3 Å².